The van der Waals surface area contributed by atoms with Crippen molar-refractivity contribution in [1.29, 1.82) is 0 Å². The van der Waals surface area contributed by atoms with Crippen molar-refractivity contribution in [2.24, 2.45) is 5.92 Å². The molecule has 0 bridgehead atoms. The summed E-state index contributed by atoms with van der Waals surface area (Å²) in [5.41, 5.74) is -1.09. The summed E-state index contributed by atoms with van der Waals surface area (Å²) >= 11 is 0. The van der Waals surface area contributed by atoms with E-state index in [1.54, 1.807) is 13.0 Å². The van der Waals surface area contributed by atoms with E-state index in [4.69, 9.17) is 0 Å². The first kappa shape index (κ1) is 15.2. The van der Waals surface area contributed by atoms with Crippen LogP contribution < -0.4 is 4.74 Å². The largest absolute Gasteiger partial charge is 0.573 e. The summed E-state index contributed by atoms with van der Waals surface area (Å²) in [6.07, 6.45) is 0.0267. The Morgan fingerprint density at radius 3 is 2.30 bits per heavy atom. The van der Waals surface area contributed by atoms with Gasteiger partial charge in [-0.1, -0.05) is 37.5 Å². The second-order valence-electron chi connectivity index (χ2n) is 5.53. The number of rotatable bonds is 3. The molecule has 1 unspecified atom stereocenters. The number of alkyl halides is 3. The molecule has 1 aliphatic rings. The molecule has 0 saturated heterocycles. The van der Waals surface area contributed by atoms with E-state index in [2.05, 4.69) is 4.74 Å². The molecule has 2 nitrogen and oxygen atoms in total. The summed E-state index contributed by atoms with van der Waals surface area (Å²) in [6.45, 7) is 1.58. The van der Waals surface area contributed by atoms with Crippen LogP contribution in [0, 0.1) is 5.92 Å². The number of hydrogen-bond acceptors (Lipinski definition) is 2. The average molecular weight is 288 g/mol. The van der Waals surface area contributed by atoms with Gasteiger partial charge in [-0.3, -0.25) is 0 Å². The lowest BCUT2D eigenvalue weighted by Crippen LogP contribution is -2.34. The zero-order valence-corrected chi connectivity index (χ0v) is 11.4. The van der Waals surface area contributed by atoms with Crippen molar-refractivity contribution >= 4 is 0 Å². The van der Waals surface area contributed by atoms with Crippen molar-refractivity contribution in [3.8, 4) is 5.75 Å². The van der Waals surface area contributed by atoms with Gasteiger partial charge in [-0.25, -0.2) is 0 Å². The van der Waals surface area contributed by atoms with E-state index in [-0.39, 0.29) is 17.2 Å². The molecule has 0 heterocycles. The fourth-order valence-electron chi connectivity index (χ4n) is 2.98. The fraction of sp³-hybridized carbons (Fsp3) is 0.600. The summed E-state index contributed by atoms with van der Waals surface area (Å²) in [5.74, 6) is -0.343. The molecule has 1 N–H and O–H groups in total. The average Bonchev–Trinajstić information content (AvgIpc) is 2.38. The lowest BCUT2D eigenvalue weighted by atomic mass is 9.74. The van der Waals surface area contributed by atoms with Gasteiger partial charge in [0.1, 0.15) is 5.75 Å². The van der Waals surface area contributed by atoms with Crippen LogP contribution in [0.4, 0.5) is 13.2 Å². The molecule has 1 aliphatic carbocycles. The first-order valence-electron chi connectivity index (χ1n) is 6.88. The van der Waals surface area contributed by atoms with Crippen molar-refractivity contribution in [1.82, 2.24) is 0 Å². The van der Waals surface area contributed by atoms with Gasteiger partial charge in [-0.15, -0.1) is 13.2 Å². The molecule has 0 aliphatic heterocycles. The Hall–Kier alpha value is -1.23. The molecule has 1 aromatic carbocycles. The van der Waals surface area contributed by atoms with Gasteiger partial charge in [-0.05, 0) is 31.7 Å². The van der Waals surface area contributed by atoms with Gasteiger partial charge in [0, 0.05) is 5.56 Å². The van der Waals surface area contributed by atoms with E-state index in [1.165, 1.54) is 18.2 Å². The molecule has 112 valence electrons. The molecular weight excluding hydrogens is 269 g/mol. The van der Waals surface area contributed by atoms with Gasteiger partial charge in [0.25, 0.3) is 0 Å². The third-order valence-corrected chi connectivity index (χ3v) is 4.06. The molecule has 0 amide bonds. The Labute approximate surface area is 116 Å². The Bertz CT molecular complexity index is 449. The fourth-order valence-corrected chi connectivity index (χ4v) is 2.98. The van der Waals surface area contributed by atoms with Gasteiger partial charge < -0.3 is 9.84 Å². The summed E-state index contributed by atoms with van der Waals surface area (Å²) in [6, 6.07) is 5.85. The Morgan fingerprint density at radius 1 is 1.10 bits per heavy atom. The molecule has 1 atom stereocenters. The monoisotopic (exact) mass is 288 g/mol. The van der Waals surface area contributed by atoms with E-state index in [0.717, 1.165) is 32.1 Å². The van der Waals surface area contributed by atoms with Crippen LogP contribution in [0.15, 0.2) is 24.3 Å². The van der Waals surface area contributed by atoms with Crippen LogP contribution >= 0.6 is 0 Å². The van der Waals surface area contributed by atoms with E-state index in [1.807, 2.05) is 0 Å². The minimum absolute atomic E-state index is 0.0331. The molecule has 2 rings (SSSR count). The quantitative estimate of drug-likeness (QED) is 0.894. The van der Waals surface area contributed by atoms with Crippen LogP contribution in [0.3, 0.4) is 0 Å². The topological polar surface area (TPSA) is 29.5 Å². The smallest absolute Gasteiger partial charge is 0.405 e. The van der Waals surface area contributed by atoms with E-state index >= 15 is 0 Å². The normalized spacial score (nSPS) is 20.4. The van der Waals surface area contributed by atoms with Crippen molar-refractivity contribution in [2.75, 3.05) is 0 Å². The molecule has 0 aromatic heterocycles. The maximum Gasteiger partial charge on any atom is 0.573 e. The molecule has 0 radical (unpaired) electrons. The number of halogens is 3. The lowest BCUT2D eigenvalue weighted by Gasteiger charge is -2.36. The van der Waals surface area contributed by atoms with Crippen molar-refractivity contribution in [2.45, 2.75) is 51.0 Å². The summed E-state index contributed by atoms with van der Waals surface area (Å²) < 4.78 is 41.4. The number of benzene rings is 1. The highest BCUT2D eigenvalue weighted by Crippen LogP contribution is 2.43. The minimum Gasteiger partial charge on any atom is -0.405 e. The molecular formula is C15H19F3O2. The van der Waals surface area contributed by atoms with Crippen LogP contribution in [0.2, 0.25) is 0 Å². The second-order valence-corrected chi connectivity index (χ2v) is 5.53. The maximum atomic E-state index is 12.4. The molecule has 1 aromatic rings. The predicted molar refractivity (Wildman–Crippen MR) is 69.3 cm³/mol. The highest BCUT2D eigenvalue weighted by Gasteiger charge is 2.39. The van der Waals surface area contributed by atoms with Crippen molar-refractivity contribution in [3.63, 3.8) is 0 Å². The number of ether oxygens (including phenoxy) is 1. The van der Waals surface area contributed by atoms with Crippen molar-refractivity contribution in [3.05, 3.63) is 29.8 Å². The van der Waals surface area contributed by atoms with E-state index in [0.29, 0.717) is 0 Å². The molecule has 0 spiro atoms. The Kier molecular flexibility index (Phi) is 4.28. The van der Waals surface area contributed by atoms with Gasteiger partial charge in [0.05, 0.1) is 5.60 Å². The zero-order chi connectivity index (χ0) is 14.8. The number of para-hydroxylation sites is 1. The van der Waals surface area contributed by atoms with Crippen LogP contribution in [-0.2, 0) is 5.60 Å². The lowest BCUT2D eigenvalue weighted by molar-refractivity contribution is -0.275. The zero-order valence-electron chi connectivity index (χ0n) is 11.4. The van der Waals surface area contributed by atoms with E-state index < -0.39 is 12.0 Å². The van der Waals surface area contributed by atoms with Crippen LogP contribution in [0.5, 0.6) is 5.75 Å². The molecule has 20 heavy (non-hydrogen) atoms. The maximum absolute atomic E-state index is 12.4. The number of hydrogen-bond donors (Lipinski definition) is 1. The highest BCUT2D eigenvalue weighted by atomic mass is 19.4. The van der Waals surface area contributed by atoms with Crippen LogP contribution in [0.25, 0.3) is 0 Å². The minimum atomic E-state index is -4.75. The van der Waals surface area contributed by atoms with Gasteiger partial charge in [0.15, 0.2) is 0 Å². The highest BCUT2D eigenvalue weighted by molar-refractivity contribution is 5.38. The summed E-state index contributed by atoms with van der Waals surface area (Å²) in [7, 11) is 0. The van der Waals surface area contributed by atoms with Gasteiger partial charge >= 0.3 is 6.36 Å². The summed E-state index contributed by atoms with van der Waals surface area (Å²) in [5, 5.41) is 10.7. The third-order valence-electron chi connectivity index (χ3n) is 4.06. The standard InChI is InChI=1S/C15H19F3O2/c1-14(19,11-7-3-2-4-8-11)12-9-5-6-10-13(12)20-15(16,17)18/h5-6,9-11,19H,2-4,7-8H2,1H3. The first-order chi connectivity index (χ1) is 9.31. The first-order valence-corrected chi connectivity index (χ1v) is 6.88. The molecule has 5 heteroatoms. The van der Waals surface area contributed by atoms with E-state index in [9.17, 15) is 18.3 Å². The SMILES string of the molecule is CC(O)(c1ccccc1OC(F)(F)F)C1CCCCC1. The molecule has 1 saturated carbocycles. The van der Waals surface area contributed by atoms with Crippen LogP contribution in [-0.4, -0.2) is 11.5 Å². The predicted octanol–water partition coefficient (Wildman–Crippen LogP) is 4.37. The van der Waals surface area contributed by atoms with Crippen LogP contribution in [0.1, 0.15) is 44.6 Å². The number of aliphatic hydroxyl groups is 1. The second kappa shape index (κ2) is 5.64. The Balaban J connectivity index is 2.30. The summed E-state index contributed by atoms with van der Waals surface area (Å²) in [4.78, 5) is 0. The van der Waals surface area contributed by atoms with Crippen molar-refractivity contribution < 1.29 is 23.0 Å². The molecule has 1 fully saturated rings. The Morgan fingerprint density at radius 2 is 1.70 bits per heavy atom. The third kappa shape index (κ3) is 3.45. The van der Waals surface area contributed by atoms with Gasteiger partial charge in [-0.2, -0.15) is 0 Å². The van der Waals surface area contributed by atoms with Gasteiger partial charge in [0.2, 0.25) is 0 Å².